The summed E-state index contributed by atoms with van der Waals surface area (Å²) in [5.41, 5.74) is 1.10. The van der Waals surface area contributed by atoms with Gasteiger partial charge < -0.3 is 9.47 Å². The van der Waals surface area contributed by atoms with Crippen molar-refractivity contribution >= 4 is 6.08 Å². The van der Waals surface area contributed by atoms with E-state index in [0.29, 0.717) is 6.61 Å². The van der Waals surface area contributed by atoms with E-state index in [4.69, 9.17) is 9.47 Å². The van der Waals surface area contributed by atoms with Crippen LogP contribution in [0.2, 0.25) is 0 Å². The fourth-order valence-electron chi connectivity index (χ4n) is 1.83. The van der Waals surface area contributed by atoms with Crippen LogP contribution in [0.15, 0.2) is 30.8 Å². The van der Waals surface area contributed by atoms with Gasteiger partial charge in [0.15, 0.2) is 0 Å². The summed E-state index contributed by atoms with van der Waals surface area (Å²) in [4.78, 5) is 0. The maximum absolute atomic E-state index is 5.77. The zero-order valence-electron chi connectivity index (χ0n) is 12.4. The summed E-state index contributed by atoms with van der Waals surface area (Å²) in [6, 6.07) is 7.95. The van der Waals surface area contributed by atoms with Gasteiger partial charge in [-0.15, -0.1) is 0 Å². The first-order chi connectivity index (χ1) is 9.19. The van der Waals surface area contributed by atoms with Gasteiger partial charge in [-0.2, -0.15) is 0 Å². The molecule has 0 amide bonds. The smallest absolute Gasteiger partial charge is 0.119 e. The average molecular weight is 262 g/mol. The lowest BCUT2D eigenvalue weighted by Crippen LogP contribution is -2.21. The Labute approximate surface area is 117 Å². The minimum Gasteiger partial charge on any atom is -0.491 e. The summed E-state index contributed by atoms with van der Waals surface area (Å²) in [6.45, 7) is 8.85. The predicted octanol–water partition coefficient (Wildman–Crippen LogP) is 4.55. The quantitative estimate of drug-likeness (QED) is 0.650. The van der Waals surface area contributed by atoms with Crippen LogP contribution < -0.4 is 4.74 Å². The highest BCUT2D eigenvalue weighted by Crippen LogP contribution is 2.16. The van der Waals surface area contributed by atoms with E-state index in [1.807, 2.05) is 30.3 Å². The van der Waals surface area contributed by atoms with Crippen molar-refractivity contribution < 1.29 is 9.47 Å². The molecule has 2 nitrogen and oxygen atoms in total. The van der Waals surface area contributed by atoms with E-state index >= 15 is 0 Å². The van der Waals surface area contributed by atoms with E-state index in [-0.39, 0.29) is 6.10 Å². The molecule has 0 aromatic heterocycles. The van der Waals surface area contributed by atoms with E-state index in [0.717, 1.165) is 23.7 Å². The van der Waals surface area contributed by atoms with Crippen LogP contribution in [0.1, 0.15) is 38.7 Å². The summed E-state index contributed by atoms with van der Waals surface area (Å²) >= 11 is 0. The van der Waals surface area contributed by atoms with Crippen molar-refractivity contribution in [3.05, 3.63) is 36.4 Å². The Balaban J connectivity index is 2.37. The Morgan fingerprint density at radius 3 is 2.42 bits per heavy atom. The normalized spacial score (nSPS) is 13.8. The van der Waals surface area contributed by atoms with Crippen molar-refractivity contribution in [1.29, 1.82) is 0 Å². The molecule has 0 aliphatic rings. The average Bonchev–Trinajstić information content (AvgIpc) is 2.47. The molecule has 1 aromatic rings. The minimum absolute atomic E-state index is 0.174. The molecule has 1 rings (SSSR count). The highest BCUT2D eigenvalue weighted by atomic mass is 16.5. The van der Waals surface area contributed by atoms with Gasteiger partial charge in [-0.3, -0.25) is 0 Å². The summed E-state index contributed by atoms with van der Waals surface area (Å²) in [6.07, 6.45) is 5.46. The molecule has 0 spiro atoms. The van der Waals surface area contributed by atoms with Crippen LogP contribution in [0.3, 0.4) is 0 Å². The predicted molar refractivity (Wildman–Crippen MR) is 81.5 cm³/mol. The summed E-state index contributed by atoms with van der Waals surface area (Å²) in [5.74, 6) is 1.64. The van der Waals surface area contributed by atoms with Gasteiger partial charge >= 0.3 is 0 Å². The highest BCUT2D eigenvalue weighted by Gasteiger charge is 2.10. The zero-order valence-corrected chi connectivity index (χ0v) is 12.4. The molecule has 2 atom stereocenters. The summed E-state index contributed by atoms with van der Waals surface area (Å²) in [5, 5.41) is 0. The van der Waals surface area contributed by atoms with E-state index in [1.54, 1.807) is 7.11 Å². The van der Waals surface area contributed by atoms with Crippen LogP contribution in [0.25, 0.3) is 6.08 Å². The molecule has 0 saturated heterocycles. The molecule has 0 N–H and O–H groups in total. The van der Waals surface area contributed by atoms with Crippen molar-refractivity contribution in [2.24, 2.45) is 5.92 Å². The van der Waals surface area contributed by atoms with Gasteiger partial charge in [-0.1, -0.05) is 45.1 Å². The zero-order chi connectivity index (χ0) is 14.1. The first-order valence-corrected chi connectivity index (χ1v) is 7.07. The third-order valence-corrected chi connectivity index (χ3v) is 3.56. The first kappa shape index (κ1) is 15.8. The lowest BCUT2D eigenvalue weighted by Gasteiger charge is -2.18. The lowest BCUT2D eigenvalue weighted by molar-refractivity contribution is 0.0477. The van der Waals surface area contributed by atoms with Crippen LogP contribution >= 0.6 is 0 Å². The first-order valence-electron chi connectivity index (χ1n) is 7.07. The molecule has 2 unspecified atom stereocenters. The topological polar surface area (TPSA) is 18.5 Å². The molecule has 1 aromatic carbocycles. The number of rotatable bonds is 9. The van der Waals surface area contributed by atoms with Crippen molar-refractivity contribution in [3.8, 4) is 5.75 Å². The Kier molecular flexibility index (Phi) is 7.27. The lowest BCUT2D eigenvalue weighted by atomic mass is 10.0. The van der Waals surface area contributed by atoms with Crippen LogP contribution in [0.4, 0.5) is 0 Å². The fraction of sp³-hybridized carbons (Fsp3) is 0.529. The SMILES string of the molecule is C=Cc1ccc(OCC(CCC(C)CC)OC)cc1. The molecule has 0 heterocycles. The number of ether oxygens (including phenoxy) is 2. The second kappa shape index (κ2) is 8.76. The monoisotopic (exact) mass is 262 g/mol. The van der Waals surface area contributed by atoms with Crippen molar-refractivity contribution in [1.82, 2.24) is 0 Å². The summed E-state index contributed by atoms with van der Waals surface area (Å²) in [7, 11) is 1.76. The maximum atomic E-state index is 5.77. The molecular formula is C17H26O2. The molecule has 0 fully saturated rings. The number of hydrogen-bond donors (Lipinski definition) is 0. The van der Waals surface area contributed by atoms with Gasteiger partial charge in [0.05, 0.1) is 6.10 Å². The van der Waals surface area contributed by atoms with Crippen LogP contribution in [0, 0.1) is 5.92 Å². The van der Waals surface area contributed by atoms with Gasteiger partial charge in [0, 0.05) is 7.11 Å². The van der Waals surface area contributed by atoms with Crippen LogP contribution in [-0.4, -0.2) is 19.8 Å². The van der Waals surface area contributed by atoms with E-state index < -0.39 is 0 Å². The van der Waals surface area contributed by atoms with Gasteiger partial charge in [-0.05, 0) is 36.5 Å². The van der Waals surface area contributed by atoms with Crippen molar-refractivity contribution in [3.63, 3.8) is 0 Å². The molecule has 19 heavy (non-hydrogen) atoms. The second-order valence-corrected chi connectivity index (χ2v) is 5.03. The molecule has 2 heteroatoms. The number of hydrogen-bond acceptors (Lipinski definition) is 2. The fourth-order valence-corrected chi connectivity index (χ4v) is 1.83. The van der Waals surface area contributed by atoms with Crippen LogP contribution in [-0.2, 0) is 4.74 Å². The Morgan fingerprint density at radius 2 is 1.89 bits per heavy atom. The van der Waals surface area contributed by atoms with Crippen molar-refractivity contribution in [2.45, 2.75) is 39.2 Å². The molecular weight excluding hydrogens is 236 g/mol. The summed E-state index contributed by atoms with van der Waals surface area (Å²) < 4.78 is 11.2. The highest BCUT2D eigenvalue weighted by molar-refractivity contribution is 5.48. The van der Waals surface area contributed by atoms with E-state index in [9.17, 15) is 0 Å². The molecule has 0 bridgehead atoms. The molecule has 0 aliphatic heterocycles. The van der Waals surface area contributed by atoms with Crippen molar-refractivity contribution in [2.75, 3.05) is 13.7 Å². The van der Waals surface area contributed by atoms with E-state index in [1.165, 1.54) is 12.8 Å². The Bertz CT molecular complexity index is 356. The molecule has 0 saturated carbocycles. The van der Waals surface area contributed by atoms with Gasteiger partial charge in [0.2, 0.25) is 0 Å². The molecule has 106 valence electrons. The van der Waals surface area contributed by atoms with Gasteiger partial charge in [0.1, 0.15) is 12.4 Å². The largest absolute Gasteiger partial charge is 0.491 e. The number of methoxy groups -OCH3 is 1. The van der Waals surface area contributed by atoms with Gasteiger partial charge in [-0.25, -0.2) is 0 Å². The Morgan fingerprint density at radius 1 is 1.21 bits per heavy atom. The Hall–Kier alpha value is -1.28. The minimum atomic E-state index is 0.174. The second-order valence-electron chi connectivity index (χ2n) is 5.03. The molecule has 0 aliphatic carbocycles. The number of benzene rings is 1. The standard InChI is InChI=1S/C17H26O2/c1-5-14(3)7-10-17(18-4)13-19-16-11-8-15(6-2)9-12-16/h6,8-9,11-12,14,17H,2,5,7,10,13H2,1,3-4H3. The van der Waals surface area contributed by atoms with Crippen LogP contribution in [0.5, 0.6) is 5.75 Å². The third-order valence-electron chi connectivity index (χ3n) is 3.56. The molecule has 0 radical (unpaired) electrons. The van der Waals surface area contributed by atoms with Gasteiger partial charge in [0.25, 0.3) is 0 Å². The third kappa shape index (κ3) is 5.93. The maximum Gasteiger partial charge on any atom is 0.119 e. The van der Waals surface area contributed by atoms with E-state index in [2.05, 4.69) is 20.4 Å².